The molecular formula is C24H27FN2. The van der Waals surface area contributed by atoms with E-state index in [9.17, 15) is 4.39 Å². The molecule has 3 rings (SSSR count). The third kappa shape index (κ3) is 5.46. The van der Waals surface area contributed by atoms with Crippen LogP contribution in [0.2, 0.25) is 0 Å². The lowest BCUT2D eigenvalue weighted by molar-refractivity contribution is 0.330. The van der Waals surface area contributed by atoms with Gasteiger partial charge in [-0.15, -0.1) is 6.58 Å². The maximum absolute atomic E-state index is 12.8. The summed E-state index contributed by atoms with van der Waals surface area (Å²) in [5, 5.41) is 2.45. The Balaban J connectivity index is 1.64. The highest BCUT2D eigenvalue weighted by Crippen LogP contribution is 2.25. The van der Waals surface area contributed by atoms with E-state index in [1.807, 2.05) is 18.5 Å². The molecule has 0 aliphatic heterocycles. The van der Waals surface area contributed by atoms with Crippen molar-refractivity contribution in [2.24, 2.45) is 0 Å². The van der Waals surface area contributed by atoms with Crippen LogP contribution in [0.4, 0.5) is 4.39 Å². The van der Waals surface area contributed by atoms with E-state index in [1.165, 1.54) is 16.3 Å². The largest absolute Gasteiger partial charge is 0.248 e. The number of rotatable bonds is 9. The lowest BCUT2D eigenvalue weighted by Gasteiger charge is -2.06. The van der Waals surface area contributed by atoms with Crippen LogP contribution in [0.15, 0.2) is 61.4 Å². The Kier molecular flexibility index (Phi) is 6.69. The fourth-order valence-electron chi connectivity index (χ4n) is 3.29. The Morgan fingerprint density at radius 1 is 0.963 bits per heavy atom. The highest BCUT2D eigenvalue weighted by Gasteiger charge is 2.04. The standard InChI is InChI=1S/C24H27FN2/c1-3-7-19-10-11-21-15-22(13-12-20(21)14-19)23-16-26-24(27-17-23)9-6-4-5-8-18(2)25/h3,10-18H,1,4-9H2,2H3. The fraction of sp³-hybridized carbons (Fsp3) is 0.333. The maximum atomic E-state index is 12.8. The van der Waals surface area contributed by atoms with Crippen LogP contribution in [-0.2, 0) is 12.8 Å². The smallest absolute Gasteiger partial charge is 0.128 e. The van der Waals surface area contributed by atoms with Gasteiger partial charge in [0.2, 0.25) is 0 Å². The van der Waals surface area contributed by atoms with Gasteiger partial charge in [0.1, 0.15) is 5.82 Å². The Morgan fingerprint density at radius 2 is 1.70 bits per heavy atom. The number of aryl methyl sites for hydroxylation is 1. The Bertz CT molecular complexity index is 885. The molecule has 0 aliphatic rings. The van der Waals surface area contributed by atoms with Gasteiger partial charge in [0.15, 0.2) is 0 Å². The molecule has 3 aromatic rings. The average Bonchev–Trinajstić information content (AvgIpc) is 2.68. The summed E-state index contributed by atoms with van der Waals surface area (Å²) in [6, 6.07) is 13.0. The van der Waals surface area contributed by atoms with Crippen LogP contribution in [-0.4, -0.2) is 16.1 Å². The van der Waals surface area contributed by atoms with E-state index in [2.05, 4.69) is 52.9 Å². The molecule has 0 saturated heterocycles. The van der Waals surface area contributed by atoms with Crippen LogP contribution in [0, 0.1) is 0 Å². The fourth-order valence-corrected chi connectivity index (χ4v) is 3.29. The SMILES string of the molecule is C=CCc1ccc2cc(-c3cnc(CCCCCC(C)F)nc3)ccc2c1. The molecule has 1 heterocycles. The summed E-state index contributed by atoms with van der Waals surface area (Å²) in [7, 11) is 0. The Morgan fingerprint density at radius 3 is 2.44 bits per heavy atom. The first-order chi connectivity index (χ1) is 13.2. The summed E-state index contributed by atoms with van der Waals surface area (Å²) in [5.41, 5.74) is 3.43. The van der Waals surface area contributed by atoms with E-state index in [-0.39, 0.29) is 0 Å². The van der Waals surface area contributed by atoms with Gasteiger partial charge in [-0.05, 0) is 54.2 Å². The van der Waals surface area contributed by atoms with Gasteiger partial charge in [0.25, 0.3) is 0 Å². The predicted octanol–water partition coefficient (Wildman–Crippen LogP) is 6.49. The minimum Gasteiger partial charge on any atom is -0.248 e. The molecule has 1 unspecified atom stereocenters. The van der Waals surface area contributed by atoms with E-state index >= 15 is 0 Å². The summed E-state index contributed by atoms with van der Waals surface area (Å²) in [6.07, 6.45) is 10.4. The van der Waals surface area contributed by atoms with Gasteiger partial charge in [0, 0.05) is 24.4 Å². The first-order valence-corrected chi connectivity index (χ1v) is 9.74. The highest BCUT2D eigenvalue weighted by atomic mass is 19.1. The second-order valence-corrected chi connectivity index (χ2v) is 7.16. The van der Waals surface area contributed by atoms with E-state index in [4.69, 9.17) is 0 Å². The van der Waals surface area contributed by atoms with Gasteiger partial charge in [-0.2, -0.15) is 0 Å². The van der Waals surface area contributed by atoms with Crippen LogP contribution >= 0.6 is 0 Å². The van der Waals surface area contributed by atoms with Gasteiger partial charge in [-0.25, -0.2) is 14.4 Å². The summed E-state index contributed by atoms with van der Waals surface area (Å²) < 4.78 is 12.8. The van der Waals surface area contributed by atoms with Crippen molar-refractivity contribution in [1.82, 2.24) is 9.97 Å². The van der Waals surface area contributed by atoms with Crippen LogP contribution in [0.1, 0.15) is 44.0 Å². The summed E-state index contributed by atoms with van der Waals surface area (Å²) in [5.74, 6) is 0.863. The maximum Gasteiger partial charge on any atom is 0.128 e. The minimum atomic E-state index is -0.698. The zero-order chi connectivity index (χ0) is 19.1. The number of allylic oxidation sites excluding steroid dienone is 1. The summed E-state index contributed by atoms with van der Waals surface area (Å²) in [4.78, 5) is 9.02. The highest BCUT2D eigenvalue weighted by molar-refractivity contribution is 5.87. The van der Waals surface area contributed by atoms with Crippen molar-refractivity contribution >= 4 is 10.8 Å². The molecule has 0 radical (unpaired) electrons. The molecule has 0 N–H and O–H groups in total. The Labute approximate surface area is 161 Å². The van der Waals surface area contributed by atoms with E-state index in [0.29, 0.717) is 6.42 Å². The third-order valence-electron chi connectivity index (χ3n) is 4.83. The summed E-state index contributed by atoms with van der Waals surface area (Å²) in [6.45, 7) is 5.42. The van der Waals surface area contributed by atoms with Crippen molar-refractivity contribution in [3.05, 3.63) is 72.8 Å². The van der Waals surface area contributed by atoms with Gasteiger partial charge < -0.3 is 0 Å². The van der Waals surface area contributed by atoms with Gasteiger partial charge in [0.05, 0.1) is 6.17 Å². The molecular weight excluding hydrogens is 335 g/mol. The first kappa shape index (κ1) is 19.2. The molecule has 0 bridgehead atoms. The van der Waals surface area contributed by atoms with E-state index in [1.54, 1.807) is 6.92 Å². The van der Waals surface area contributed by atoms with E-state index in [0.717, 1.165) is 49.1 Å². The van der Waals surface area contributed by atoms with Gasteiger partial charge >= 0.3 is 0 Å². The number of alkyl halides is 1. The third-order valence-corrected chi connectivity index (χ3v) is 4.83. The number of hydrogen-bond donors (Lipinski definition) is 0. The Hall–Kier alpha value is -2.55. The lowest BCUT2D eigenvalue weighted by Crippen LogP contribution is -1.96. The van der Waals surface area contributed by atoms with Crippen molar-refractivity contribution in [2.75, 3.05) is 0 Å². The quantitative estimate of drug-likeness (QED) is 0.321. The van der Waals surface area contributed by atoms with Crippen molar-refractivity contribution in [2.45, 2.75) is 51.6 Å². The number of unbranched alkanes of at least 4 members (excludes halogenated alkanes) is 2. The van der Waals surface area contributed by atoms with Crippen LogP contribution < -0.4 is 0 Å². The number of hydrogen-bond acceptors (Lipinski definition) is 2. The molecule has 1 aromatic heterocycles. The van der Waals surface area contributed by atoms with Gasteiger partial charge in [-0.3, -0.25) is 0 Å². The van der Waals surface area contributed by atoms with E-state index < -0.39 is 6.17 Å². The zero-order valence-corrected chi connectivity index (χ0v) is 16.0. The van der Waals surface area contributed by atoms with Crippen LogP contribution in [0.25, 0.3) is 21.9 Å². The second kappa shape index (κ2) is 9.40. The van der Waals surface area contributed by atoms with Crippen LogP contribution in [0.3, 0.4) is 0 Å². The molecule has 3 heteroatoms. The average molecular weight is 362 g/mol. The number of fused-ring (bicyclic) bond motifs is 1. The molecule has 0 amide bonds. The molecule has 0 spiro atoms. The second-order valence-electron chi connectivity index (χ2n) is 7.16. The van der Waals surface area contributed by atoms with Crippen molar-refractivity contribution in [1.29, 1.82) is 0 Å². The number of halogens is 1. The van der Waals surface area contributed by atoms with Crippen molar-refractivity contribution < 1.29 is 4.39 Å². The monoisotopic (exact) mass is 362 g/mol. The number of nitrogens with zero attached hydrogens (tertiary/aromatic N) is 2. The number of benzene rings is 2. The molecule has 0 fully saturated rings. The molecule has 1 atom stereocenters. The normalized spacial score (nSPS) is 12.2. The summed E-state index contributed by atoms with van der Waals surface area (Å²) >= 11 is 0. The number of aromatic nitrogens is 2. The zero-order valence-electron chi connectivity index (χ0n) is 16.0. The minimum absolute atomic E-state index is 0.650. The molecule has 0 saturated carbocycles. The first-order valence-electron chi connectivity index (χ1n) is 9.74. The van der Waals surface area contributed by atoms with Crippen molar-refractivity contribution in [3.63, 3.8) is 0 Å². The molecule has 0 aliphatic carbocycles. The molecule has 2 nitrogen and oxygen atoms in total. The molecule has 140 valence electrons. The topological polar surface area (TPSA) is 25.8 Å². The van der Waals surface area contributed by atoms with Crippen LogP contribution in [0.5, 0.6) is 0 Å². The molecule has 27 heavy (non-hydrogen) atoms. The van der Waals surface area contributed by atoms with Crippen molar-refractivity contribution in [3.8, 4) is 11.1 Å². The van der Waals surface area contributed by atoms with Gasteiger partial charge in [-0.1, -0.05) is 49.2 Å². The predicted molar refractivity (Wildman–Crippen MR) is 112 cm³/mol. The lowest BCUT2D eigenvalue weighted by atomic mass is 10.0. The molecule has 2 aromatic carbocycles.